The van der Waals surface area contributed by atoms with Gasteiger partial charge in [0.1, 0.15) is 0 Å². The van der Waals surface area contributed by atoms with Gasteiger partial charge < -0.3 is 10.2 Å². The molecular formula is C11H22N4. The maximum Gasteiger partial charge on any atom is 0.0547 e. The SMILES string of the molecule is CC(NCC(C)N(C)C)c1ccnn1C. The molecule has 0 aromatic carbocycles. The van der Waals surface area contributed by atoms with E-state index in [-0.39, 0.29) is 0 Å². The van der Waals surface area contributed by atoms with Gasteiger partial charge in [-0.2, -0.15) is 5.10 Å². The molecule has 1 aromatic rings. The first kappa shape index (κ1) is 12.2. The molecule has 0 aliphatic carbocycles. The van der Waals surface area contributed by atoms with Crippen molar-refractivity contribution in [2.45, 2.75) is 25.9 Å². The lowest BCUT2D eigenvalue weighted by Gasteiger charge is -2.22. The van der Waals surface area contributed by atoms with E-state index >= 15 is 0 Å². The van der Waals surface area contributed by atoms with Gasteiger partial charge in [-0.25, -0.2) is 0 Å². The molecule has 0 saturated heterocycles. The summed E-state index contributed by atoms with van der Waals surface area (Å²) in [5.41, 5.74) is 1.22. The van der Waals surface area contributed by atoms with Crippen molar-refractivity contribution in [3.8, 4) is 0 Å². The van der Waals surface area contributed by atoms with E-state index in [4.69, 9.17) is 0 Å². The first-order valence-corrected chi connectivity index (χ1v) is 5.40. The van der Waals surface area contributed by atoms with Crippen molar-refractivity contribution < 1.29 is 0 Å². The molecule has 86 valence electrons. The Kier molecular flexibility index (Phi) is 4.29. The van der Waals surface area contributed by atoms with Crippen LogP contribution >= 0.6 is 0 Å². The highest BCUT2D eigenvalue weighted by molar-refractivity contribution is 5.05. The third kappa shape index (κ3) is 3.32. The van der Waals surface area contributed by atoms with E-state index in [0.717, 1.165) is 6.54 Å². The smallest absolute Gasteiger partial charge is 0.0547 e. The van der Waals surface area contributed by atoms with Crippen LogP contribution in [-0.2, 0) is 7.05 Å². The number of rotatable bonds is 5. The number of nitrogens with one attached hydrogen (secondary N) is 1. The molecule has 0 fully saturated rings. The van der Waals surface area contributed by atoms with Gasteiger partial charge in [0.15, 0.2) is 0 Å². The lowest BCUT2D eigenvalue weighted by Crippen LogP contribution is -2.36. The molecule has 0 spiro atoms. The van der Waals surface area contributed by atoms with E-state index in [2.05, 4.69) is 49.3 Å². The fourth-order valence-corrected chi connectivity index (χ4v) is 1.44. The van der Waals surface area contributed by atoms with Crippen LogP contribution in [0.3, 0.4) is 0 Å². The predicted molar refractivity (Wildman–Crippen MR) is 62.8 cm³/mol. The Labute approximate surface area is 92.3 Å². The van der Waals surface area contributed by atoms with E-state index in [1.165, 1.54) is 5.69 Å². The van der Waals surface area contributed by atoms with Gasteiger partial charge in [0.05, 0.1) is 5.69 Å². The van der Waals surface area contributed by atoms with E-state index in [1.54, 1.807) is 0 Å². The first-order valence-electron chi connectivity index (χ1n) is 5.40. The van der Waals surface area contributed by atoms with E-state index < -0.39 is 0 Å². The zero-order chi connectivity index (χ0) is 11.4. The first-order chi connectivity index (χ1) is 7.02. The minimum absolute atomic E-state index is 0.347. The van der Waals surface area contributed by atoms with Crippen molar-refractivity contribution in [2.24, 2.45) is 7.05 Å². The topological polar surface area (TPSA) is 33.1 Å². The molecule has 1 aromatic heterocycles. The average molecular weight is 210 g/mol. The van der Waals surface area contributed by atoms with Gasteiger partial charge in [0.25, 0.3) is 0 Å². The minimum Gasteiger partial charge on any atom is -0.307 e. The fraction of sp³-hybridized carbons (Fsp3) is 0.727. The molecule has 15 heavy (non-hydrogen) atoms. The molecule has 4 heteroatoms. The normalized spacial score (nSPS) is 15.6. The molecule has 1 heterocycles. The molecule has 0 amide bonds. The van der Waals surface area contributed by atoms with Crippen molar-refractivity contribution in [2.75, 3.05) is 20.6 Å². The van der Waals surface area contributed by atoms with Crippen LogP contribution in [0.15, 0.2) is 12.3 Å². The second kappa shape index (κ2) is 5.28. The van der Waals surface area contributed by atoms with Crippen molar-refractivity contribution in [1.29, 1.82) is 0 Å². The van der Waals surface area contributed by atoms with Gasteiger partial charge in [-0.1, -0.05) is 0 Å². The Bertz CT molecular complexity index is 293. The lowest BCUT2D eigenvalue weighted by molar-refractivity contribution is 0.294. The third-order valence-corrected chi connectivity index (χ3v) is 2.90. The number of hydrogen-bond acceptors (Lipinski definition) is 3. The summed E-state index contributed by atoms with van der Waals surface area (Å²) < 4.78 is 1.91. The van der Waals surface area contributed by atoms with Crippen LogP contribution in [0.4, 0.5) is 0 Å². The summed E-state index contributed by atoms with van der Waals surface area (Å²) in [6.45, 7) is 5.36. The number of hydrogen-bond donors (Lipinski definition) is 1. The van der Waals surface area contributed by atoms with Crippen LogP contribution in [0.5, 0.6) is 0 Å². The van der Waals surface area contributed by atoms with Gasteiger partial charge in [-0.05, 0) is 34.0 Å². The predicted octanol–water partition coefficient (Wildman–Crippen LogP) is 1.02. The van der Waals surface area contributed by atoms with Gasteiger partial charge in [-0.15, -0.1) is 0 Å². The van der Waals surface area contributed by atoms with Crippen molar-refractivity contribution in [3.05, 3.63) is 18.0 Å². The van der Waals surface area contributed by atoms with Crippen LogP contribution in [-0.4, -0.2) is 41.4 Å². The Balaban J connectivity index is 2.43. The number of nitrogens with zero attached hydrogens (tertiary/aromatic N) is 3. The molecule has 1 rings (SSSR count). The van der Waals surface area contributed by atoms with E-state index in [1.807, 2.05) is 17.9 Å². The Morgan fingerprint density at radius 1 is 1.47 bits per heavy atom. The molecule has 0 aliphatic rings. The molecule has 0 aliphatic heterocycles. The van der Waals surface area contributed by atoms with E-state index in [0.29, 0.717) is 12.1 Å². The third-order valence-electron chi connectivity index (χ3n) is 2.90. The second-order valence-corrected chi connectivity index (χ2v) is 4.32. The lowest BCUT2D eigenvalue weighted by atomic mass is 10.2. The van der Waals surface area contributed by atoms with Gasteiger partial charge in [0, 0.05) is 31.9 Å². The molecule has 2 unspecified atom stereocenters. The van der Waals surface area contributed by atoms with Crippen LogP contribution < -0.4 is 5.32 Å². The summed E-state index contributed by atoms with van der Waals surface area (Å²) in [5, 5.41) is 7.67. The fourth-order valence-electron chi connectivity index (χ4n) is 1.44. The molecule has 0 saturated carbocycles. The number of aromatic nitrogens is 2. The maximum atomic E-state index is 4.17. The molecular weight excluding hydrogens is 188 g/mol. The summed E-state index contributed by atoms with van der Waals surface area (Å²) in [6.07, 6.45) is 1.84. The van der Waals surface area contributed by atoms with Crippen molar-refractivity contribution >= 4 is 0 Å². The Morgan fingerprint density at radius 3 is 2.60 bits per heavy atom. The standard InChI is InChI=1S/C11H22N4/c1-9(14(3)4)8-12-10(2)11-6-7-13-15(11)5/h6-7,9-10,12H,8H2,1-5H3. The Hall–Kier alpha value is -0.870. The minimum atomic E-state index is 0.347. The van der Waals surface area contributed by atoms with Gasteiger partial charge in [0.2, 0.25) is 0 Å². The largest absolute Gasteiger partial charge is 0.307 e. The zero-order valence-corrected chi connectivity index (χ0v) is 10.4. The van der Waals surface area contributed by atoms with Crippen LogP contribution in [0.25, 0.3) is 0 Å². The van der Waals surface area contributed by atoms with Crippen molar-refractivity contribution in [1.82, 2.24) is 20.0 Å². The number of aryl methyl sites for hydroxylation is 1. The summed E-state index contributed by atoms with van der Waals surface area (Å²) in [4.78, 5) is 2.21. The highest BCUT2D eigenvalue weighted by Gasteiger charge is 2.10. The quantitative estimate of drug-likeness (QED) is 0.787. The second-order valence-electron chi connectivity index (χ2n) is 4.32. The average Bonchev–Trinajstić information content (AvgIpc) is 2.60. The summed E-state index contributed by atoms with van der Waals surface area (Å²) in [7, 11) is 6.17. The van der Waals surface area contributed by atoms with Crippen molar-refractivity contribution in [3.63, 3.8) is 0 Å². The summed E-state index contributed by atoms with van der Waals surface area (Å²) in [6, 6.07) is 2.94. The maximum absolute atomic E-state index is 4.17. The molecule has 4 nitrogen and oxygen atoms in total. The summed E-state index contributed by atoms with van der Waals surface area (Å²) in [5.74, 6) is 0. The van der Waals surface area contributed by atoms with Crippen LogP contribution in [0.2, 0.25) is 0 Å². The molecule has 1 N–H and O–H groups in total. The highest BCUT2D eigenvalue weighted by Crippen LogP contribution is 2.09. The van der Waals surface area contributed by atoms with E-state index in [9.17, 15) is 0 Å². The van der Waals surface area contributed by atoms with Crippen LogP contribution in [0, 0.1) is 0 Å². The molecule has 0 radical (unpaired) electrons. The highest BCUT2D eigenvalue weighted by atomic mass is 15.3. The molecule has 0 bridgehead atoms. The van der Waals surface area contributed by atoms with Crippen LogP contribution in [0.1, 0.15) is 25.6 Å². The zero-order valence-electron chi connectivity index (χ0n) is 10.4. The van der Waals surface area contributed by atoms with Gasteiger partial charge in [-0.3, -0.25) is 4.68 Å². The summed E-state index contributed by atoms with van der Waals surface area (Å²) >= 11 is 0. The molecule has 2 atom stereocenters. The Morgan fingerprint density at radius 2 is 2.13 bits per heavy atom. The van der Waals surface area contributed by atoms with Gasteiger partial charge >= 0.3 is 0 Å². The monoisotopic (exact) mass is 210 g/mol. The number of likely N-dealkylation sites (N-methyl/N-ethyl adjacent to an activating group) is 1.